The Morgan fingerprint density at radius 2 is 1.58 bits per heavy atom. The third-order valence-corrected chi connectivity index (χ3v) is 4.53. The summed E-state index contributed by atoms with van der Waals surface area (Å²) in [5.74, 6) is -2.03. The van der Waals surface area contributed by atoms with E-state index in [1.807, 2.05) is 29.6 Å². The molecule has 1 aliphatic carbocycles. The molecule has 2 aromatic rings. The van der Waals surface area contributed by atoms with Crippen molar-refractivity contribution in [3.63, 3.8) is 0 Å². The Labute approximate surface area is 138 Å². The summed E-state index contributed by atoms with van der Waals surface area (Å²) >= 11 is 0. The molecule has 1 fully saturated rings. The number of benzene rings is 2. The molecular weight excluding hydrogens is 306 g/mol. The minimum absolute atomic E-state index is 0.427. The third kappa shape index (κ3) is 2.48. The molecule has 4 rings (SSSR count). The number of rotatable bonds is 2. The Morgan fingerprint density at radius 1 is 0.875 bits per heavy atom. The highest BCUT2D eigenvalue weighted by atomic mass is 16.5. The number of hydrogen-bond donors (Lipinski definition) is 1. The predicted molar refractivity (Wildman–Crippen MR) is 85.7 cm³/mol. The van der Waals surface area contributed by atoms with Gasteiger partial charge in [-0.2, -0.15) is 0 Å². The predicted octanol–water partition coefficient (Wildman–Crippen LogP) is 1.35. The number of carbonyl (C=O) groups is 3. The van der Waals surface area contributed by atoms with Gasteiger partial charge in [0.1, 0.15) is 5.75 Å². The first kappa shape index (κ1) is 14.6. The molecule has 5 nitrogen and oxygen atoms in total. The lowest BCUT2D eigenvalue weighted by Gasteiger charge is -2.12. The Bertz CT molecular complexity index is 871. The van der Waals surface area contributed by atoms with Crippen LogP contribution >= 0.6 is 0 Å². The van der Waals surface area contributed by atoms with Crippen LogP contribution in [0.2, 0.25) is 0 Å². The Kier molecular flexibility index (Phi) is 3.41. The van der Waals surface area contributed by atoms with Crippen molar-refractivity contribution in [2.24, 2.45) is 0 Å². The van der Waals surface area contributed by atoms with Gasteiger partial charge in [0, 0.05) is 0 Å². The molecule has 1 N–H and O–H groups in total. The monoisotopic (exact) mass is 321 g/mol. The second kappa shape index (κ2) is 5.60. The summed E-state index contributed by atoms with van der Waals surface area (Å²) in [6, 6.07) is 13.9. The zero-order chi connectivity index (χ0) is 16.7. The van der Waals surface area contributed by atoms with Gasteiger partial charge in [-0.25, -0.2) is 0 Å². The Morgan fingerprint density at radius 3 is 2.29 bits per heavy atom. The van der Waals surface area contributed by atoms with Crippen molar-refractivity contribution in [3.8, 4) is 5.75 Å². The summed E-state index contributed by atoms with van der Waals surface area (Å²) in [5.41, 5.74) is 4.97. The van der Waals surface area contributed by atoms with E-state index in [1.165, 1.54) is 16.7 Å². The molecule has 1 atom stereocenters. The Hall–Kier alpha value is -2.95. The van der Waals surface area contributed by atoms with Crippen LogP contribution in [-0.4, -0.2) is 23.7 Å². The highest BCUT2D eigenvalue weighted by Gasteiger charge is 2.42. The van der Waals surface area contributed by atoms with Gasteiger partial charge >= 0.3 is 0 Å². The van der Waals surface area contributed by atoms with Crippen LogP contribution in [0.3, 0.4) is 0 Å². The quantitative estimate of drug-likeness (QED) is 0.515. The lowest BCUT2D eigenvalue weighted by Crippen LogP contribution is -2.31. The van der Waals surface area contributed by atoms with Gasteiger partial charge in [0.2, 0.25) is 6.10 Å². The van der Waals surface area contributed by atoms with Gasteiger partial charge in [-0.05, 0) is 53.6 Å². The van der Waals surface area contributed by atoms with Gasteiger partial charge in [0.25, 0.3) is 17.6 Å². The number of ketones is 1. The van der Waals surface area contributed by atoms with Crippen molar-refractivity contribution >= 4 is 17.6 Å². The number of carbonyl (C=O) groups excluding carboxylic acids is 3. The summed E-state index contributed by atoms with van der Waals surface area (Å²) < 4.78 is 5.48. The summed E-state index contributed by atoms with van der Waals surface area (Å²) in [6.07, 6.45) is 1.33. The van der Waals surface area contributed by atoms with E-state index in [9.17, 15) is 14.4 Å². The molecule has 5 heteroatoms. The molecule has 2 aliphatic rings. The van der Waals surface area contributed by atoms with Gasteiger partial charge in [-0.1, -0.05) is 30.3 Å². The largest absolute Gasteiger partial charge is 0.472 e. The summed E-state index contributed by atoms with van der Waals surface area (Å²) in [6.45, 7) is 0. The topological polar surface area (TPSA) is 72.5 Å². The smallest absolute Gasteiger partial charge is 0.298 e. The van der Waals surface area contributed by atoms with Gasteiger partial charge in [0.15, 0.2) is 0 Å². The van der Waals surface area contributed by atoms with Crippen LogP contribution in [0.25, 0.3) is 0 Å². The van der Waals surface area contributed by atoms with Crippen molar-refractivity contribution in [1.82, 2.24) is 5.32 Å². The fraction of sp³-hybridized carbons (Fsp3) is 0.211. The summed E-state index contributed by atoms with van der Waals surface area (Å²) in [5, 5.41) is 1.97. The Balaban J connectivity index is 1.63. The van der Waals surface area contributed by atoms with Crippen molar-refractivity contribution in [2.75, 3.05) is 0 Å². The fourth-order valence-electron chi connectivity index (χ4n) is 3.25. The second-order valence-electron chi connectivity index (χ2n) is 6.06. The molecule has 2 aromatic carbocycles. The summed E-state index contributed by atoms with van der Waals surface area (Å²) in [7, 11) is 0. The number of fused-ring (bicyclic) bond motifs is 2. The van der Waals surface area contributed by atoms with E-state index < -0.39 is 23.7 Å². The molecule has 120 valence electrons. The number of aryl methyl sites for hydroxylation is 2. The maximum absolute atomic E-state index is 11.7. The second-order valence-corrected chi connectivity index (χ2v) is 6.06. The van der Waals surface area contributed by atoms with E-state index in [0.717, 1.165) is 24.8 Å². The summed E-state index contributed by atoms with van der Waals surface area (Å²) in [4.78, 5) is 34.5. The molecule has 0 saturated carbocycles. The molecule has 24 heavy (non-hydrogen) atoms. The fourth-order valence-corrected chi connectivity index (χ4v) is 3.25. The molecular formula is C19H15NO4. The molecule has 0 aromatic heterocycles. The van der Waals surface area contributed by atoms with E-state index >= 15 is 0 Å². The molecule has 1 unspecified atom stereocenters. The van der Waals surface area contributed by atoms with Crippen molar-refractivity contribution < 1.29 is 19.1 Å². The zero-order valence-electron chi connectivity index (χ0n) is 12.9. The van der Waals surface area contributed by atoms with Crippen LogP contribution in [0.1, 0.15) is 22.3 Å². The van der Waals surface area contributed by atoms with Crippen LogP contribution in [0.5, 0.6) is 5.75 Å². The zero-order valence-corrected chi connectivity index (χ0v) is 12.9. The number of nitrogens with one attached hydrogen (secondary N) is 1. The van der Waals surface area contributed by atoms with E-state index in [4.69, 9.17) is 4.74 Å². The molecule has 0 radical (unpaired) electrons. The average molecular weight is 321 g/mol. The number of imide groups is 1. The highest BCUT2D eigenvalue weighted by molar-refractivity contribution is 6.49. The van der Waals surface area contributed by atoms with E-state index in [1.54, 1.807) is 6.07 Å². The van der Waals surface area contributed by atoms with Crippen LogP contribution in [-0.2, 0) is 33.6 Å². The van der Waals surface area contributed by atoms with Crippen molar-refractivity contribution in [1.29, 1.82) is 0 Å². The molecule has 0 bridgehead atoms. The number of amides is 2. The number of Topliss-reactive ketones (excluding diaryl/α,β-unsaturated/α-hetero) is 1. The molecule has 0 spiro atoms. The molecule has 2 amide bonds. The van der Waals surface area contributed by atoms with E-state index in [-0.39, 0.29) is 0 Å². The molecule has 1 aliphatic heterocycles. The SMILES string of the molecule is O=C1NC(=O)C(Oc2ccc3c(c2)Cc2ccccc2CC3)C1=O. The maximum atomic E-state index is 11.7. The van der Waals surface area contributed by atoms with E-state index in [2.05, 4.69) is 12.1 Å². The highest BCUT2D eigenvalue weighted by Crippen LogP contribution is 2.28. The van der Waals surface area contributed by atoms with Gasteiger partial charge in [-0.3, -0.25) is 19.7 Å². The lowest BCUT2D eigenvalue weighted by atomic mass is 10.0. The van der Waals surface area contributed by atoms with Crippen LogP contribution < -0.4 is 10.1 Å². The lowest BCUT2D eigenvalue weighted by molar-refractivity contribution is -0.138. The van der Waals surface area contributed by atoms with Crippen LogP contribution in [0.4, 0.5) is 0 Å². The minimum Gasteiger partial charge on any atom is -0.472 e. The first-order chi connectivity index (χ1) is 11.6. The maximum Gasteiger partial charge on any atom is 0.298 e. The normalized spacial score (nSPS) is 19.3. The van der Waals surface area contributed by atoms with Gasteiger partial charge in [0.05, 0.1) is 0 Å². The average Bonchev–Trinajstić information content (AvgIpc) is 2.75. The van der Waals surface area contributed by atoms with Gasteiger partial charge in [-0.15, -0.1) is 0 Å². The van der Waals surface area contributed by atoms with Gasteiger partial charge < -0.3 is 4.74 Å². The minimum atomic E-state index is -1.38. The third-order valence-electron chi connectivity index (χ3n) is 4.53. The van der Waals surface area contributed by atoms with Crippen molar-refractivity contribution in [3.05, 3.63) is 64.7 Å². The number of hydrogen-bond acceptors (Lipinski definition) is 4. The molecule has 1 heterocycles. The first-order valence-electron chi connectivity index (χ1n) is 7.86. The van der Waals surface area contributed by atoms with Crippen LogP contribution in [0.15, 0.2) is 42.5 Å². The van der Waals surface area contributed by atoms with Crippen LogP contribution in [0, 0.1) is 0 Å². The van der Waals surface area contributed by atoms with Crippen molar-refractivity contribution in [2.45, 2.75) is 25.4 Å². The standard InChI is InChI=1S/C19H15NO4/c21-16-17(19(23)20-18(16)22)24-15-8-7-12-6-5-11-3-1-2-4-13(11)9-14(12)10-15/h1-4,7-8,10,17H,5-6,9H2,(H,20,22,23). The molecule has 1 saturated heterocycles. The first-order valence-corrected chi connectivity index (χ1v) is 7.86. The number of ether oxygens (including phenoxy) is 1. The van der Waals surface area contributed by atoms with E-state index in [0.29, 0.717) is 5.75 Å².